The van der Waals surface area contributed by atoms with Gasteiger partial charge in [0.15, 0.2) is 17.5 Å². The summed E-state index contributed by atoms with van der Waals surface area (Å²) >= 11 is 0. The van der Waals surface area contributed by atoms with Crippen molar-refractivity contribution in [1.82, 2.24) is 19.5 Å². The molecule has 0 unspecified atom stereocenters. The van der Waals surface area contributed by atoms with E-state index in [1.807, 2.05) is 91.0 Å². The Hall–Kier alpha value is -6.08. The summed E-state index contributed by atoms with van der Waals surface area (Å²) in [6.45, 7) is 2.06. The number of alkyl halides is 3. The molecule has 48 heavy (non-hydrogen) atoms. The Morgan fingerprint density at radius 1 is 0.479 bits per heavy atom. The first-order valence-corrected chi connectivity index (χ1v) is 15.5. The third kappa shape index (κ3) is 5.29. The van der Waals surface area contributed by atoms with Crippen LogP contribution >= 0.6 is 0 Å². The number of hydrogen-bond acceptors (Lipinski definition) is 3. The van der Waals surface area contributed by atoms with Gasteiger partial charge in [-0.2, -0.15) is 13.2 Å². The summed E-state index contributed by atoms with van der Waals surface area (Å²) in [4.78, 5) is 14.8. The van der Waals surface area contributed by atoms with Gasteiger partial charge in [-0.05, 0) is 60.0 Å². The van der Waals surface area contributed by atoms with Crippen molar-refractivity contribution in [2.75, 3.05) is 0 Å². The van der Waals surface area contributed by atoms with E-state index < -0.39 is 11.7 Å². The van der Waals surface area contributed by atoms with E-state index in [4.69, 9.17) is 15.0 Å². The number of para-hydroxylation sites is 1. The van der Waals surface area contributed by atoms with Gasteiger partial charge in [-0.1, -0.05) is 109 Å². The van der Waals surface area contributed by atoms with Gasteiger partial charge < -0.3 is 4.57 Å². The van der Waals surface area contributed by atoms with Crippen molar-refractivity contribution in [3.8, 4) is 51.0 Å². The Balaban J connectivity index is 1.44. The van der Waals surface area contributed by atoms with E-state index >= 15 is 0 Å². The number of aromatic nitrogens is 4. The predicted octanol–water partition coefficient (Wildman–Crippen LogP) is 11.0. The molecule has 0 aliphatic heterocycles. The molecule has 2 aromatic heterocycles. The monoisotopic (exact) mass is 632 g/mol. The Morgan fingerprint density at radius 3 is 1.77 bits per heavy atom. The highest BCUT2D eigenvalue weighted by Gasteiger charge is 2.31. The van der Waals surface area contributed by atoms with Crippen LogP contribution in [0.5, 0.6) is 0 Å². The van der Waals surface area contributed by atoms with E-state index in [1.54, 1.807) is 6.07 Å². The van der Waals surface area contributed by atoms with Gasteiger partial charge in [0.2, 0.25) is 0 Å². The Bertz CT molecular complexity index is 2390. The maximum Gasteiger partial charge on any atom is 0.416 e. The van der Waals surface area contributed by atoms with Gasteiger partial charge in [0, 0.05) is 33.2 Å². The second-order valence-electron chi connectivity index (χ2n) is 11.7. The number of halogens is 3. The smallest absolute Gasteiger partial charge is 0.309 e. The number of rotatable bonds is 5. The molecule has 0 fully saturated rings. The van der Waals surface area contributed by atoms with E-state index in [1.165, 1.54) is 12.1 Å². The zero-order valence-corrected chi connectivity index (χ0v) is 25.8. The molecular weight excluding hydrogens is 605 g/mol. The van der Waals surface area contributed by atoms with Gasteiger partial charge in [0.05, 0.1) is 16.6 Å². The summed E-state index contributed by atoms with van der Waals surface area (Å²) in [6.07, 6.45) is -4.49. The Morgan fingerprint density at radius 2 is 1.08 bits per heavy atom. The molecule has 0 saturated carbocycles. The molecular formula is C41H27F3N4. The standard InChI is InChI=1S/C41H27F3N4/c1-26-19-21-34-33-17-8-9-18-36(33)48(37(34)23-26)31-20-22-32(29-15-10-16-30(24-29)41(42,43)44)35(25-31)40-46-38(27-11-4-2-5-12-27)45-39(47-40)28-13-6-3-7-14-28/h2-25H,1H3. The van der Waals surface area contributed by atoms with Crippen LogP contribution in [0.4, 0.5) is 13.2 Å². The third-order valence-corrected chi connectivity index (χ3v) is 8.53. The van der Waals surface area contributed by atoms with Crippen LogP contribution in [0.15, 0.2) is 146 Å². The van der Waals surface area contributed by atoms with Crippen LogP contribution in [0.25, 0.3) is 72.8 Å². The molecule has 2 heterocycles. The fourth-order valence-corrected chi connectivity index (χ4v) is 6.26. The quantitative estimate of drug-likeness (QED) is 0.190. The van der Waals surface area contributed by atoms with Crippen LogP contribution in [0.3, 0.4) is 0 Å². The lowest BCUT2D eigenvalue weighted by Crippen LogP contribution is -2.05. The predicted molar refractivity (Wildman–Crippen MR) is 186 cm³/mol. The minimum atomic E-state index is -4.49. The van der Waals surface area contributed by atoms with Crippen molar-refractivity contribution in [2.24, 2.45) is 0 Å². The molecule has 0 spiro atoms. The molecule has 232 valence electrons. The van der Waals surface area contributed by atoms with Crippen molar-refractivity contribution in [3.05, 3.63) is 157 Å². The van der Waals surface area contributed by atoms with E-state index in [2.05, 4.69) is 41.8 Å². The SMILES string of the molecule is Cc1ccc2c3ccccc3n(-c3ccc(-c4cccc(C(F)(F)F)c4)c(-c4nc(-c5ccccc5)nc(-c5ccccc5)n4)c3)c2c1. The average molecular weight is 633 g/mol. The number of benzene rings is 6. The maximum atomic E-state index is 13.9. The normalized spacial score (nSPS) is 11.8. The largest absolute Gasteiger partial charge is 0.416 e. The number of nitrogens with zero attached hydrogens (tertiary/aromatic N) is 4. The highest BCUT2D eigenvalue weighted by molar-refractivity contribution is 6.09. The van der Waals surface area contributed by atoms with Crippen LogP contribution in [0, 0.1) is 6.92 Å². The number of fused-ring (bicyclic) bond motifs is 3. The molecule has 0 aliphatic carbocycles. The van der Waals surface area contributed by atoms with Gasteiger partial charge in [0.1, 0.15) is 0 Å². The van der Waals surface area contributed by atoms with Crippen LogP contribution in [0.2, 0.25) is 0 Å². The molecule has 0 amide bonds. The van der Waals surface area contributed by atoms with E-state index in [0.717, 1.165) is 50.2 Å². The van der Waals surface area contributed by atoms with Gasteiger partial charge in [-0.3, -0.25) is 0 Å². The summed E-state index contributed by atoms with van der Waals surface area (Å²) in [5, 5.41) is 2.21. The summed E-state index contributed by atoms with van der Waals surface area (Å²) < 4.78 is 44.0. The lowest BCUT2D eigenvalue weighted by molar-refractivity contribution is -0.137. The molecule has 8 aromatic rings. The van der Waals surface area contributed by atoms with Crippen molar-refractivity contribution >= 4 is 21.8 Å². The highest BCUT2D eigenvalue weighted by atomic mass is 19.4. The minimum absolute atomic E-state index is 0.355. The third-order valence-electron chi connectivity index (χ3n) is 8.53. The zero-order chi connectivity index (χ0) is 32.8. The molecule has 0 aliphatic rings. The Kier molecular flexibility index (Phi) is 7.10. The molecule has 4 nitrogen and oxygen atoms in total. The first-order valence-electron chi connectivity index (χ1n) is 15.5. The molecule has 0 radical (unpaired) electrons. The first kappa shape index (κ1) is 29.3. The average Bonchev–Trinajstić information content (AvgIpc) is 3.45. The summed E-state index contributed by atoms with van der Waals surface area (Å²) in [7, 11) is 0. The molecule has 6 aromatic carbocycles. The fraction of sp³-hybridized carbons (Fsp3) is 0.0488. The van der Waals surface area contributed by atoms with E-state index in [0.29, 0.717) is 34.2 Å². The molecule has 0 bridgehead atoms. The fourth-order valence-electron chi connectivity index (χ4n) is 6.26. The van der Waals surface area contributed by atoms with Crippen LogP contribution in [-0.2, 0) is 6.18 Å². The molecule has 0 saturated heterocycles. The van der Waals surface area contributed by atoms with Crippen molar-refractivity contribution in [1.29, 1.82) is 0 Å². The highest BCUT2D eigenvalue weighted by Crippen LogP contribution is 2.39. The summed E-state index contributed by atoms with van der Waals surface area (Å²) in [5.41, 5.74) is 6.44. The lowest BCUT2D eigenvalue weighted by Gasteiger charge is -2.16. The Labute approximate surface area is 274 Å². The van der Waals surface area contributed by atoms with Gasteiger partial charge in [-0.25, -0.2) is 15.0 Å². The maximum absolute atomic E-state index is 13.9. The van der Waals surface area contributed by atoms with Crippen LogP contribution in [0.1, 0.15) is 11.1 Å². The van der Waals surface area contributed by atoms with E-state index in [-0.39, 0.29) is 0 Å². The summed E-state index contributed by atoms with van der Waals surface area (Å²) in [5.74, 6) is 1.29. The number of aryl methyl sites for hydroxylation is 1. The molecule has 0 atom stereocenters. The van der Waals surface area contributed by atoms with Crippen molar-refractivity contribution in [2.45, 2.75) is 13.1 Å². The van der Waals surface area contributed by atoms with Crippen LogP contribution in [-0.4, -0.2) is 19.5 Å². The molecule has 7 heteroatoms. The summed E-state index contributed by atoms with van der Waals surface area (Å²) in [6, 6.07) is 45.0. The second kappa shape index (κ2) is 11.6. The molecule has 8 rings (SSSR count). The number of hydrogen-bond donors (Lipinski definition) is 0. The van der Waals surface area contributed by atoms with Crippen molar-refractivity contribution < 1.29 is 13.2 Å². The lowest BCUT2D eigenvalue weighted by atomic mass is 9.96. The first-order chi connectivity index (χ1) is 23.3. The minimum Gasteiger partial charge on any atom is -0.309 e. The topological polar surface area (TPSA) is 43.6 Å². The van der Waals surface area contributed by atoms with Crippen molar-refractivity contribution in [3.63, 3.8) is 0 Å². The molecule has 0 N–H and O–H groups in total. The van der Waals surface area contributed by atoms with Gasteiger partial charge >= 0.3 is 6.18 Å². The van der Waals surface area contributed by atoms with Crippen LogP contribution < -0.4 is 0 Å². The second-order valence-corrected chi connectivity index (χ2v) is 11.7. The zero-order valence-electron chi connectivity index (χ0n) is 25.8. The van der Waals surface area contributed by atoms with Gasteiger partial charge in [0.25, 0.3) is 0 Å². The van der Waals surface area contributed by atoms with E-state index in [9.17, 15) is 13.2 Å². The van der Waals surface area contributed by atoms with Gasteiger partial charge in [-0.15, -0.1) is 0 Å².